The molecule has 0 bridgehead atoms. The SMILES string of the molecule is Cc1cc(Cl)ccc1-c1ccc(C)c(=O)n1C. The summed E-state index contributed by atoms with van der Waals surface area (Å²) >= 11 is 5.93. The summed E-state index contributed by atoms with van der Waals surface area (Å²) in [7, 11) is 1.79. The molecule has 0 aliphatic rings. The van der Waals surface area contributed by atoms with E-state index in [1.165, 1.54) is 0 Å². The Kier molecular flexibility index (Phi) is 3.07. The summed E-state index contributed by atoms with van der Waals surface area (Å²) in [6.07, 6.45) is 0. The van der Waals surface area contributed by atoms with Crippen molar-refractivity contribution in [1.82, 2.24) is 4.57 Å². The van der Waals surface area contributed by atoms with Gasteiger partial charge in [-0.2, -0.15) is 0 Å². The highest BCUT2D eigenvalue weighted by molar-refractivity contribution is 6.30. The minimum Gasteiger partial charge on any atom is -0.311 e. The first-order valence-corrected chi connectivity index (χ1v) is 5.81. The van der Waals surface area contributed by atoms with Gasteiger partial charge < -0.3 is 4.57 Å². The fraction of sp³-hybridized carbons (Fsp3) is 0.214. The van der Waals surface area contributed by atoms with Gasteiger partial charge in [-0.25, -0.2) is 0 Å². The Morgan fingerprint density at radius 2 is 1.76 bits per heavy atom. The van der Waals surface area contributed by atoms with Crippen molar-refractivity contribution in [3.63, 3.8) is 0 Å². The van der Waals surface area contributed by atoms with Crippen LogP contribution >= 0.6 is 11.6 Å². The summed E-state index contributed by atoms with van der Waals surface area (Å²) in [6.45, 7) is 3.81. The summed E-state index contributed by atoms with van der Waals surface area (Å²) < 4.78 is 1.67. The van der Waals surface area contributed by atoms with Crippen LogP contribution in [0.3, 0.4) is 0 Å². The monoisotopic (exact) mass is 247 g/mol. The first-order valence-electron chi connectivity index (χ1n) is 5.44. The van der Waals surface area contributed by atoms with Gasteiger partial charge in [-0.05, 0) is 37.6 Å². The summed E-state index contributed by atoms with van der Waals surface area (Å²) in [6, 6.07) is 9.51. The minimum absolute atomic E-state index is 0.0388. The second-order valence-corrected chi connectivity index (χ2v) is 4.66. The van der Waals surface area contributed by atoms with Crippen LogP contribution in [0.25, 0.3) is 11.3 Å². The van der Waals surface area contributed by atoms with Crippen LogP contribution in [0.4, 0.5) is 0 Å². The van der Waals surface area contributed by atoms with Gasteiger partial charge in [0.15, 0.2) is 0 Å². The predicted molar refractivity (Wildman–Crippen MR) is 71.6 cm³/mol. The molecule has 0 spiro atoms. The zero-order valence-corrected chi connectivity index (χ0v) is 10.9. The van der Waals surface area contributed by atoms with Gasteiger partial charge in [-0.15, -0.1) is 0 Å². The summed E-state index contributed by atoms with van der Waals surface area (Å²) in [5.41, 5.74) is 3.81. The average molecular weight is 248 g/mol. The molecule has 0 unspecified atom stereocenters. The Bertz CT molecular complexity index is 629. The number of hydrogen-bond acceptors (Lipinski definition) is 1. The molecular formula is C14H14ClNO. The Morgan fingerprint density at radius 3 is 2.41 bits per heavy atom. The Balaban J connectivity index is 2.69. The van der Waals surface area contributed by atoms with Crippen LogP contribution in [0.5, 0.6) is 0 Å². The van der Waals surface area contributed by atoms with Crippen LogP contribution in [-0.4, -0.2) is 4.57 Å². The van der Waals surface area contributed by atoms with Crippen molar-refractivity contribution in [2.75, 3.05) is 0 Å². The molecule has 1 aromatic heterocycles. The van der Waals surface area contributed by atoms with Crippen molar-refractivity contribution >= 4 is 11.6 Å². The van der Waals surface area contributed by atoms with E-state index in [-0.39, 0.29) is 5.56 Å². The van der Waals surface area contributed by atoms with Crippen molar-refractivity contribution in [3.8, 4) is 11.3 Å². The lowest BCUT2D eigenvalue weighted by atomic mass is 10.0. The standard InChI is InChI=1S/C14H14ClNO/c1-9-4-7-13(16(3)14(9)17)12-6-5-11(15)8-10(12)2/h4-8H,1-3H3. The van der Waals surface area contributed by atoms with Crippen molar-refractivity contribution in [3.05, 3.63) is 56.8 Å². The lowest BCUT2D eigenvalue weighted by Gasteiger charge is -2.11. The molecule has 0 atom stereocenters. The van der Waals surface area contributed by atoms with E-state index in [2.05, 4.69) is 0 Å². The highest BCUT2D eigenvalue weighted by Gasteiger charge is 2.07. The highest BCUT2D eigenvalue weighted by atomic mass is 35.5. The molecule has 2 nitrogen and oxygen atoms in total. The maximum absolute atomic E-state index is 11.9. The third kappa shape index (κ3) is 2.13. The fourth-order valence-electron chi connectivity index (χ4n) is 1.95. The Hall–Kier alpha value is -1.54. The molecule has 17 heavy (non-hydrogen) atoms. The van der Waals surface area contributed by atoms with Crippen molar-refractivity contribution in [2.24, 2.45) is 7.05 Å². The molecule has 0 fully saturated rings. The van der Waals surface area contributed by atoms with E-state index < -0.39 is 0 Å². The number of aryl methyl sites for hydroxylation is 2. The number of pyridine rings is 1. The molecule has 0 saturated carbocycles. The predicted octanol–water partition coefficient (Wildman–Crippen LogP) is 3.32. The van der Waals surface area contributed by atoms with E-state index in [1.807, 2.05) is 44.2 Å². The van der Waals surface area contributed by atoms with E-state index in [4.69, 9.17) is 11.6 Å². The zero-order chi connectivity index (χ0) is 12.6. The molecular weight excluding hydrogens is 234 g/mol. The first kappa shape index (κ1) is 11.9. The zero-order valence-electron chi connectivity index (χ0n) is 10.1. The van der Waals surface area contributed by atoms with Crippen molar-refractivity contribution in [1.29, 1.82) is 0 Å². The second kappa shape index (κ2) is 4.38. The van der Waals surface area contributed by atoms with Crippen molar-refractivity contribution in [2.45, 2.75) is 13.8 Å². The molecule has 3 heteroatoms. The van der Waals surface area contributed by atoms with E-state index >= 15 is 0 Å². The number of rotatable bonds is 1. The van der Waals surface area contributed by atoms with Gasteiger partial charge in [0.25, 0.3) is 5.56 Å². The van der Waals surface area contributed by atoms with Gasteiger partial charge >= 0.3 is 0 Å². The molecule has 0 aliphatic heterocycles. The van der Waals surface area contributed by atoms with E-state index in [0.717, 1.165) is 22.4 Å². The number of halogens is 1. The topological polar surface area (TPSA) is 22.0 Å². The minimum atomic E-state index is 0.0388. The molecule has 88 valence electrons. The van der Waals surface area contributed by atoms with Crippen LogP contribution in [-0.2, 0) is 7.05 Å². The molecule has 0 amide bonds. The number of hydrogen-bond donors (Lipinski definition) is 0. The molecule has 0 aliphatic carbocycles. The van der Waals surface area contributed by atoms with Gasteiger partial charge in [0, 0.05) is 23.2 Å². The number of benzene rings is 1. The lowest BCUT2D eigenvalue weighted by molar-refractivity contribution is 0.858. The Labute approximate surface area is 105 Å². The van der Waals surface area contributed by atoms with E-state index in [9.17, 15) is 4.79 Å². The molecule has 0 N–H and O–H groups in total. The Morgan fingerprint density at radius 1 is 1.06 bits per heavy atom. The van der Waals surface area contributed by atoms with Crippen molar-refractivity contribution < 1.29 is 0 Å². The van der Waals surface area contributed by atoms with Gasteiger partial charge in [-0.1, -0.05) is 23.7 Å². The van der Waals surface area contributed by atoms with Gasteiger partial charge in [0.1, 0.15) is 0 Å². The van der Waals surface area contributed by atoms with Gasteiger partial charge in [-0.3, -0.25) is 4.79 Å². The largest absolute Gasteiger partial charge is 0.311 e. The quantitative estimate of drug-likeness (QED) is 0.758. The smallest absolute Gasteiger partial charge is 0.253 e. The number of aromatic nitrogens is 1. The van der Waals surface area contributed by atoms with Crippen LogP contribution in [0.2, 0.25) is 5.02 Å². The van der Waals surface area contributed by atoms with E-state index in [0.29, 0.717) is 5.02 Å². The third-order valence-electron chi connectivity index (χ3n) is 2.96. The van der Waals surface area contributed by atoms with Crippen LogP contribution in [0.1, 0.15) is 11.1 Å². The van der Waals surface area contributed by atoms with Gasteiger partial charge in [0.05, 0.1) is 5.69 Å². The molecule has 0 saturated heterocycles. The van der Waals surface area contributed by atoms with Gasteiger partial charge in [0.2, 0.25) is 0 Å². The molecule has 2 aromatic rings. The molecule has 0 radical (unpaired) electrons. The highest BCUT2D eigenvalue weighted by Crippen LogP contribution is 2.24. The lowest BCUT2D eigenvalue weighted by Crippen LogP contribution is -2.20. The van der Waals surface area contributed by atoms with E-state index in [1.54, 1.807) is 11.6 Å². The summed E-state index contributed by atoms with van der Waals surface area (Å²) in [5.74, 6) is 0. The molecule has 2 rings (SSSR count). The normalized spacial score (nSPS) is 10.6. The van der Waals surface area contributed by atoms with Crippen LogP contribution < -0.4 is 5.56 Å². The van der Waals surface area contributed by atoms with Crippen LogP contribution in [0.15, 0.2) is 35.1 Å². The summed E-state index contributed by atoms with van der Waals surface area (Å²) in [5, 5.41) is 0.711. The maximum Gasteiger partial charge on any atom is 0.253 e. The molecule has 1 heterocycles. The second-order valence-electron chi connectivity index (χ2n) is 4.22. The fourth-order valence-corrected chi connectivity index (χ4v) is 2.17. The summed E-state index contributed by atoms with van der Waals surface area (Å²) in [4.78, 5) is 11.9. The third-order valence-corrected chi connectivity index (χ3v) is 3.19. The average Bonchev–Trinajstić information content (AvgIpc) is 2.28. The van der Waals surface area contributed by atoms with Crippen LogP contribution in [0, 0.1) is 13.8 Å². The first-order chi connectivity index (χ1) is 8.00. The molecule has 1 aromatic carbocycles. The maximum atomic E-state index is 11.9. The number of nitrogens with zero attached hydrogens (tertiary/aromatic N) is 1.